The van der Waals surface area contributed by atoms with E-state index in [1.165, 1.54) is 38.1 Å². The number of hydrogen-bond acceptors (Lipinski definition) is 7. The molecule has 11 heteroatoms. The number of rotatable bonds is 11. The molecule has 8 N–H and O–H groups in total. The monoisotopic (exact) mass is 486 g/mol. The molecule has 2 rings (SSSR count). The number of aliphatic carboxylic acids is 1. The van der Waals surface area contributed by atoms with Crippen LogP contribution in [-0.2, 0) is 32.0 Å². The largest absolute Gasteiger partial charge is 0.508 e. The van der Waals surface area contributed by atoms with Gasteiger partial charge in [0, 0.05) is 12.8 Å². The fourth-order valence-electron chi connectivity index (χ4n) is 3.11. The number of carboxylic acids is 1. The van der Waals surface area contributed by atoms with Crippen LogP contribution in [-0.4, -0.2) is 63.2 Å². The Morgan fingerprint density at radius 3 is 1.46 bits per heavy atom. The van der Waals surface area contributed by atoms with E-state index >= 15 is 0 Å². The second-order valence-electron chi connectivity index (χ2n) is 8.22. The summed E-state index contributed by atoms with van der Waals surface area (Å²) in [6.45, 7) is 2.75. The first-order chi connectivity index (χ1) is 16.5. The quantitative estimate of drug-likeness (QED) is 0.227. The zero-order valence-electron chi connectivity index (χ0n) is 19.4. The number of carboxylic acid groups (broad SMARTS) is 1. The number of nitrogens with two attached hydrogens (primary N) is 1. The Labute approximate surface area is 202 Å². The van der Waals surface area contributed by atoms with E-state index in [2.05, 4.69) is 16.0 Å². The van der Waals surface area contributed by atoms with Crippen molar-refractivity contribution in [1.82, 2.24) is 16.0 Å². The number of phenolic OH excluding ortho intramolecular Hbond substituents is 2. The summed E-state index contributed by atoms with van der Waals surface area (Å²) >= 11 is 0. The Balaban J connectivity index is 2.27. The van der Waals surface area contributed by atoms with Crippen LogP contribution in [0.2, 0.25) is 0 Å². The van der Waals surface area contributed by atoms with Crippen LogP contribution in [0, 0.1) is 0 Å². The second kappa shape index (κ2) is 12.4. The molecule has 0 aliphatic rings. The maximum atomic E-state index is 13.2. The van der Waals surface area contributed by atoms with Gasteiger partial charge in [0.15, 0.2) is 0 Å². The third-order valence-corrected chi connectivity index (χ3v) is 5.16. The minimum atomic E-state index is -1.25. The highest BCUT2D eigenvalue weighted by atomic mass is 16.4. The third kappa shape index (κ3) is 8.63. The average molecular weight is 487 g/mol. The molecule has 0 aromatic heterocycles. The van der Waals surface area contributed by atoms with Gasteiger partial charge in [-0.3, -0.25) is 19.2 Å². The second-order valence-corrected chi connectivity index (χ2v) is 8.22. The Morgan fingerprint density at radius 2 is 1.09 bits per heavy atom. The molecule has 2 aromatic carbocycles. The summed E-state index contributed by atoms with van der Waals surface area (Å²) in [5, 5.41) is 35.6. The minimum Gasteiger partial charge on any atom is -0.508 e. The lowest BCUT2D eigenvalue weighted by Crippen LogP contribution is -2.57. The van der Waals surface area contributed by atoms with Gasteiger partial charge in [-0.25, -0.2) is 0 Å². The fraction of sp³-hybridized carbons (Fsp3) is 0.333. The van der Waals surface area contributed by atoms with Gasteiger partial charge in [0.1, 0.15) is 29.6 Å². The molecule has 0 spiro atoms. The molecule has 11 nitrogen and oxygen atoms in total. The Morgan fingerprint density at radius 1 is 0.714 bits per heavy atom. The molecular formula is C24H30N4O7. The Hall–Kier alpha value is -4.12. The van der Waals surface area contributed by atoms with Crippen LogP contribution in [0.25, 0.3) is 0 Å². The lowest BCUT2D eigenvalue weighted by Gasteiger charge is -2.24. The summed E-state index contributed by atoms with van der Waals surface area (Å²) in [4.78, 5) is 49.5. The molecule has 0 aliphatic carbocycles. The molecule has 188 valence electrons. The first-order valence-corrected chi connectivity index (χ1v) is 10.9. The van der Waals surface area contributed by atoms with Crippen molar-refractivity contribution >= 4 is 23.7 Å². The first kappa shape index (κ1) is 27.1. The van der Waals surface area contributed by atoms with Gasteiger partial charge in [-0.05, 0) is 49.2 Å². The van der Waals surface area contributed by atoms with Crippen LogP contribution in [0.5, 0.6) is 11.5 Å². The third-order valence-electron chi connectivity index (χ3n) is 5.16. The van der Waals surface area contributed by atoms with Gasteiger partial charge >= 0.3 is 5.97 Å². The molecule has 3 amide bonds. The molecule has 0 aliphatic heterocycles. The van der Waals surface area contributed by atoms with E-state index in [0.29, 0.717) is 11.1 Å². The summed E-state index contributed by atoms with van der Waals surface area (Å²) in [6.07, 6.45) is 0.0427. The number of phenols is 2. The van der Waals surface area contributed by atoms with Gasteiger partial charge in [-0.2, -0.15) is 0 Å². The summed E-state index contributed by atoms with van der Waals surface area (Å²) in [5.74, 6) is -3.19. The van der Waals surface area contributed by atoms with E-state index < -0.39 is 47.9 Å². The minimum absolute atomic E-state index is 0.00262. The van der Waals surface area contributed by atoms with Crippen molar-refractivity contribution in [3.8, 4) is 11.5 Å². The number of nitrogens with one attached hydrogen (secondary N) is 3. The first-order valence-electron chi connectivity index (χ1n) is 10.9. The molecule has 0 fully saturated rings. The predicted molar refractivity (Wildman–Crippen MR) is 126 cm³/mol. The smallest absolute Gasteiger partial charge is 0.325 e. The number of aromatic hydroxyl groups is 2. The molecule has 35 heavy (non-hydrogen) atoms. The van der Waals surface area contributed by atoms with Crippen molar-refractivity contribution in [2.24, 2.45) is 5.73 Å². The van der Waals surface area contributed by atoms with Crippen molar-refractivity contribution in [1.29, 1.82) is 0 Å². The van der Waals surface area contributed by atoms with E-state index in [1.54, 1.807) is 24.3 Å². The van der Waals surface area contributed by atoms with Gasteiger partial charge < -0.3 is 37.0 Å². The maximum Gasteiger partial charge on any atom is 0.325 e. The SMILES string of the molecule is CC(N)C(=O)NC(Cc1ccc(O)cc1)C(=O)NC(Cc1ccc(O)cc1)C(=O)NC(C)C(=O)O. The molecule has 4 atom stereocenters. The topological polar surface area (TPSA) is 191 Å². The number of carbonyl (C=O) groups is 4. The highest BCUT2D eigenvalue weighted by Gasteiger charge is 2.29. The lowest BCUT2D eigenvalue weighted by atomic mass is 10.0. The molecule has 2 aromatic rings. The standard InChI is InChI=1S/C24H30N4O7/c1-13(25)21(31)27-20(12-16-5-9-18(30)10-6-16)23(33)28-19(22(32)26-14(2)24(34)35)11-15-3-7-17(29)8-4-15/h3-10,13-14,19-20,29-30H,11-12,25H2,1-2H3,(H,26,32)(H,27,31)(H,28,33)(H,34,35). The van der Waals surface area contributed by atoms with E-state index in [-0.39, 0.29) is 24.3 Å². The van der Waals surface area contributed by atoms with Gasteiger partial charge in [-0.15, -0.1) is 0 Å². The number of hydrogen-bond donors (Lipinski definition) is 7. The van der Waals surface area contributed by atoms with E-state index in [1.807, 2.05) is 0 Å². The Kier molecular flexibility index (Phi) is 9.59. The summed E-state index contributed by atoms with van der Waals surface area (Å²) in [6, 6.07) is 7.63. The number of amides is 3. The fourth-order valence-corrected chi connectivity index (χ4v) is 3.11. The predicted octanol–water partition coefficient (Wildman–Crippen LogP) is -0.211. The average Bonchev–Trinajstić information content (AvgIpc) is 2.80. The van der Waals surface area contributed by atoms with Crippen LogP contribution >= 0.6 is 0 Å². The molecule has 0 heterocycles. The summed E-state index contributed by atoms with van der Waals surface area (Å²) < 4.78 is 0. The number of carbonyl (C=O) groups excluding carboxylic acids is 3. The summed E-state index contributed by atoms with van der Waals surface area (Å²) in [7, 11) is 0. The van der Waals surface area contributed by atoms with Gasteiger partial charge in [0.2, 0.25) is 17.7 Å². The Bertz CT molecular complexity index is 1040. The molecule has 0 radical (unpaired) electrons. The highest BCUT2D eigenvalue weighted by molar-refractivity contribution is 5.94. The molecule has 0 saturated heterocycles. The molecule has 4 unspecified atom stereocenters. The highest BCUT2D eigenvalue weighted by Crippen LogP contribution is 2.14. The van der Waals surface area contributed by atoms with Crippen molar-refractivity contribution < 1.29 is 34.5 Å². The van der Waals surface area contributed by atoms with Crippen LogP contribution in [0.15, 0.2) is 48.5 Å². The van der Waals surface area contributed by atoms with Gasteiger partial charge in [-0.1, -0.05) is 24.3 Å². The van der Waals surface area contributed by atoms with E-state index in [9.17, 15) is 29.4 Å². The van der Waals surface area contributed by atoms with E-state index in [4.69, 9.17) is 10.8 Å². The number of benzene rings is 2. The zero-order valence-corrected chi connectivity index (χ0v) is 19.4. The lowest BCUT2D eigenvalue weighted by molar-refractivity contribution is -0.141. The maximum absolute atomic E-state index is 13.2. The van der Waals surface area contributed by atoms with Crippen molar-refractivity contribution in [2.75, 3.05) is 0 Å². The summed E-state index contributed by atoms with van der Waals surface area (Å²) in [5.41, 5.74) is 6.86. The van der Waals surface area contributed by atoms with Crippen LogP contribution < -0.4 is 21.7 Å². The normalized spacial score (nSPS) is 14.1. The van der Waals surface area contributed by atoms with Gasteiger partial charge in [0.25, 0.3) is 0 Å². The van der Waals surface area contributed by atoms with Crippen molar-refractivity contribution in [2.45, 2.75) is 50.9 Å². The van der Waals surface area contributed by atoms with Crippen LogP contribution in [0.1, 0.15) is 25.0 Å². The van der Waals surface area contributed by atoms with Crippen LogP contribution in [0.3, 0.4) is 0 Å². The van der Waals surface area contributed by atoms with Crippen LogP contribution in [0.4, 0.5) is 0 Å². The van der Waals surface area contributed by atoms with Gasteiger partial charge in [0.05, 0.1) is 6.04 Å². The van der Waals surface area contributed by atoms with E-state index in [0.717, 1.165) is 0 Å². The molecule has 0 bridgehead atoms. The molecular weight excluding hydrogens is 456 g/mol. The zero-order chi connectivity index (χ0) is 26.1. The van der Waals surface area contributed by atoms with Crippen molar-refractivity contribution in [3.05, 3.63) is 59.7 Å². The van der Waals surface area contributed by atoms with Crippen molar-refractivity contribution in [3.63, 3.8) is 0 Å². The molecule has 0 saturated carbocycles.